The van der Waals surface area contributed by atoms with Crippen LogP contribution in [0.3, 0.4) is 0 Å². The molecule has 19 heavy (non-hydrogen) atoms. The molecule has 0 amide bonds. The Bertz CT molecular complexity index is 534. The van der Waals surface area contributed by atoms with Crippen LogP contribution in [-0.2, 0) is 20.1 Å². The van der Waals surface area contributed by atoms with Gasteiger partial charge in [-0.2, -0.15) is 5.10 Å². The van der Waals surface area contributed by atoms with E-state index in [1.807, 2.05) is 37.6 Å². The zero-order chi connectivity index (χ0) is 13.5. The van der Waals surface area contributed by atoms with Gasteiger partial charge in [0.05, 0.1) is 6.20 Å². The Morgan fingerprint density at radius 3 is 2.95 bits per heavy atom. The highest BCUT2D eigenvalue weighted by Crippen LogP contribution is 2.17. The third-order valence-corrected chi connectivity index (χ3v) is 2.73. The molecule has 4 heteroatoms. The smallest absolute Gasteiger partial charge is 0.124 e. The van der Waals surface area contributed by atoms with E-state index in [-0.39, 0.29) is 0 Å². The molecular formula is C15H19N3O. The normalized spacial score (nSPS) is 10.4. The predicted octanol–water partition coefficient (Wildman–Crippen LogP) is 2.27. The van der Waals surface area contributed by atoms with E-state index in [1.54, 1.807) is 10.8 Å². The topological polar surface area (TPSA) is 39.1 Å². The van der Waals surface area contributed by atoms with Crippen molar-refractivity contribution in [3.63, 3.8) is 0 Å². The van der Waals surface area contributed by atoms with Gasteiger partial charge in [0.25, 0.3) is 0 Å². The zero-order valence-electron chi connectivity index (χ0n) is 11.2. The predicted molar refractivity (Wildman–Crippen MR) is 75.9 cm³/mol. The summed E-state index contributed by atoms with van der Waals surface area (Å²) in [6.07, 6.45) is 5.63. The van der Waals surface area contributed by atoms with E-state index in [2.05, 4.69) is 23.1 Å². The number of hydrogen-bond donors (Lipinski definition) is 1. The summed E-state index contributed by atoms with van der Waals surface area (Å²) >= 11 is 0. The highest BCUT2D eigenvalue weighted by atomic mass is 16.5. The second kappa shape index (κ2) is 6.75. The summed E-state index contributed by atoms with van der Waals surface area (Å²) < 4.78 is 7.42. The van der Waals surface area contributed by atoms with E-state index in [0.717, 1.165) is 24.4 Å². The molecule has 0 radical (unpaired) electrons. The SMILES string of the molecule is C=CCOc1ccccc1CNCc1cnn(C)c1. The number of ether oxygens (including phenoxy) is 1. The van der Waals surface area contributed by atoms with Crippen molar-refractivity contribution in [2.24, 2.45) is 7.05 Å². The molecule has 1 heterocycles. The number of aromatic nitrogens is 2. The monoisotopic (exact) mass is 257 g/mol. The Balaban J connectivity index is 1.89. The molecule has 0 aliphatic carbocycles. The Labute approximate surface area is 113 Å². The van der Waals surface area contributed by atoms with Gasteiger partial charge in [0.2, 0.25) is 0 Å². The molecule has 0 aliphatic heterocycles. The van der Waals surface area contributed by atoms with Gasteiger partial charge in [-0.3, -0.25) is 4.68 Å². The molecule has 0 saturated heterocycles. The molecule has 0 spiro atoms. The maximum Gasteiger partial charge on any atom is 0.124 e. The molecule has 0 unspecified atom stereocenters. The number of para-hydroxylation sites is 1. The lowest BCUT2D eigenvalue weighted by Crippen LogP contribution is -2.13. The van der Waals surface area contributed by atoms with Crippen molar-refractivity contribution >= 4 is 0 Å². The minimum Gasteiger partial charge on any atom is -0.489 e. The summed E-state index contributed by atoms with van der Waals surface area (Å²) in [6.45, 7) is 5.75. The Hall–Kier alpha value is -2.07. The largest absolute Gasteiger partial charge is 0.489 e. The highest BCUT2D eigenvalue weighted by Gasteiger charge is 2.02. The molecule has 0 aliphatic rings. The minimum atomic E-state index is 0.527. The van der Waals surface area contributed by atoms with Gasteiger partial charge < -0.3 is 10.1 Å². The molecule has 100 valence electrons. The van der Waals surface area contributed by atoms with Crippen LogP contribution < -0.4 is 10.1 Å². The van der Waals surface area contributed by atoms with E-state index >= 15 is 0 Å². The van der Waals surface area contributed by atoms with Crippen molar-refractivity contribution in [3.8, 4) is 5.75 Å². The second-order valence-corrected chi connectivity index (χ2v) is 4.33. The van der Waals surface area contributed by atoms with Gasteiger partial charge in [-0.05, 0) is 6.07 Å². The van der Waals surface area contributed by atoms with Crippen molar-refractivity contribution < 1.29 is 4.74 Å². The number of nitrogens with zero attached hydrogens (tertiary/aromatic N) is 2. The Morgan fingerprint density at radius 1 is 1.37 bits per heavy atom. The number of nitrogens with one attached hydrogen (secondary N) is 1. The average Bonchev–Trinajstić information content (AvgIpc) is 2.83. The van der Waals surface area contributed by atoms with Gasteiger partial charge in [-0.15, -0.1) is 0 Å². The summed E-state index contributed by atoms with van der Waals surface area (Å²) in [4.78, 5) is 0. The molecule has 0 fully saturated rings. The lowest BCUT2D eigenvalue weighted by molar-refractivity contribution is 0.358. The number of hydrogen-bond acceptors (Lipinski definition) is 3. The van der Waals surface area contributed by atoms with Gasteiger partial charge in [-0.1, -0.05) is 30.9 Å². The van der Waals surface area contributed by atoms with Gasteiger partial charge in [0, 0.05) is 37.5 Å². The van der Waals surface area contributed by atoms with Crippen LogP contribution in [0.25, 0.3) is 0 Å². The van der Waals surface area contributed by atoms with Crippen LogP contribution in [0.1, 0.15) is 11.1 Å². The van der Waals surface area contributed by atoms with E-state index in [1.165, 1.54) is 5.56 Å². The fourth-order valence-corrected chi connectivity index (χ4v) is 1.84. The molecule has 1 aromatic heterocycles. The van der Waals surface area contributed by atoms with Gasteiger partial charge >= 0.3 is 0 Å². The average molecular weight is 257 g/mol. The fraction of sp³-hybridized carbons (Fsp3) is 0.267. The molecule has 4 nitrogen and oxygen atoms in total. The van der Waals surface area contributed by atoms with Gasteiger partial charge in [0.1, 0.15) is 12.4 Å². The molecule has 2 rings (SSSR count). The first-order valence-corrected chi connectivity index (χ1v) is 6.29. The number of aryl methyl sites for hydroxylation is 1. The van der Waals surface area contributed by atoms with Crippen molar-refractivity contribution in [1.29, 1.82) is 0 Å². The first-order chi connectivity index (χ1) is 9.29. The highest BCUT2D eigenvalue weighted by molar-refractivity contribution is 5.33. The third kappa shape index (κ3) is 3.96. The second-order valence-electron chi connectivity index (χ2n) is 4.33. The maximum absolute atomic E-state index is 5.62. The van der Waals surface area contributed by atoms with Gasteiger partial charge in [0.15, 0.2) is 0 Å². The Kier molecular flexibility index (Phi) is 4.75. The zero-order valence-corrected chi connectivity index (χ0v) is 11.2. The van der Waals surface area contributed by atoms with Gasteiger partial charge in [-0.25, -0.2) is 0 Å². The summed E-state index contributed by atoms with van der Waals surface area (Å²) in [7, 11) is 1.92. The summed E-state index contributed by atoms with van der Waals surface area (Å²) in [6, 6.07) is 8.03. The van der Waals surface area contributed by atoms with Crippen LogP contribution in [0.2, 0.25) is 0 Å². The van der Waals surface area contributed by atoms with Crippen molar-refractivity contribution in [1.82, 2.24) is 15.1 Å². The molecule has 1 aromatic carbocycles. The van der Waals surface area contributed by atoms with Crippen molar-refractivity contribution in [2.75, 3.05) is 6.61 Å². The quantitative estimate of drug-likeness (QED) is 0.773. The van der Waals surface area contributed by atoms with Crippen LogP contribution >= 0.6 is 0 Å². The van der Waals surface area contributed by atoms with Crippen LogP contribution in [0.15, 0.2) is 49.3 Å². The summed E-state index contributed by atoms with van der Waals surface area (Å²) in [5, 5.41) is 7.53. The Morgan fingerprint density at radius 2 is 2.21 bits per heavy atom. The number of benzene rings is 1. The molecule has 1 N–H and O–H groups in total. The first-order valence-electron chi connectivity index (χ1n) is 6.29. The molecule has 2 aromatic rings. The van der Waals surface area contributed by atoms with E-state index in [4.69, 9.17) is 4.74 Å². The van der Waals surface area contributed by atoms with Crippen molar-refractivity contribution in [3.05, 3.63) is 60.4 Å². The fourth-order valence-electron chi connectivity index (χ4n) is 1.84. The van der Waals surface area contributed by atoms with Crippen LogP contribution in [0.4, 0.5) is 0 Å². The van der Waals surface area contributed by atoms with Crippen LogP contribution in [0.5, 0.6) is 5.75 Å². The standard InChI is InChI=1S/C15H19N3O/c1-3-8-19-15-7-5-4-6-14(15)11-16-9-13-10-17-18(2)12-13/h3-7,10,12,16H,1,8-9,11H2,2H3. The first kappa shape index (κ1) is 13.4. The van der Waals surface area contributed by atoms with E-state index in [9.17, 15) is 0 Å². The maximum atomic E-state index is 5.62. The van der Waals surface area contributed by atoms with E-state index < -0.39 is 0 Å². The number of rotatable bonds is 7. The van der Waals surface area contributed by atoms with Crippen LogP contribution in [0, 0.1) is 0 Å². The van der Waals surface area contributed by atoms with Crippen LogP contribution in [-0.4, -0.2) is 16.4 Å². The van der Waals surface area contributed by atoms with E-state index in [0.29, 0.717) is 6.61 Å². The lowest BCUT2D eigenvalue weighted by Gasteiger charge is -2.10. The summed E-state index contributed by atoms with van der Waals surface area (Å²) in [5.74, 6) is 0.904. The third-order valence-electron chi connectivity index (χ3n) is 2.73. The molecule has 0 bridgehead atoms. The summed E-state index contributed by atoms with van der Waals surface area (Å²) in [5.41, 5.74) is 2.32. The molecular weight excluding hydrogens is 238 g/mol. The lowest BCUT2D eigenvalue weighted by atomic mass is 10.2. The molecule has 0 saturated carbocycles. The van der Waals surface area contributed by atoms with Crippen molar-refractivity contribution in [2.45, 2.75) is 13.1 Å². The minimum absolute atomic E-state index is 0.527. The molecule has 0 atom stereocenters.